The highest BCUT2D eigenvalue weighted by atomic mass is 35.5. The van der Waals surface area contributed by atoms with Crippen LogP contribution >= 0.6 is 11.6 Å². The molecule has 2 N–H and O–H groups in total. The first-order valence-corrected chi connectivity index (χ1v) is 12.6. The zero-order valence-electron chi connectivity index (χ0n) is 20.3. The molecular weight excluding hydrogens is 463 g/mol. The van der Waals surface area contributed by atoms with Gasteiger partial charge in [-0.25, -0.2) is 4.39 Å². The third-order valence-electron chi connectivity index (χ3n) is 7.03. The smallest absolute Gasteiger partial charge is 0.224 e. The molecule has 0 aromatic heterocycles. The Morgan fingerprint density at radius 2 is 1.83 bits per heavy atom. The number of aryl methyl sites for hydroxylation is 2. The van der Waals surface area contributed by atoms with E-state index in [-0.39, 0.29) is 23.5 Å². The van der Waals surface area contributed by atoms with E-state index in [0.29, 0.717) is 38.8 Å². The number of primary amides is 1. The summed E-state index contributed by atoms with van der Waals surface area (Å²) in [5, 5.41) is 0.840. The quantitative estimate of drug-likeness (QED) is 0.549. The Labute approximate surface area is 212 Å². The summed E-state index contributed by atoms with van der Waals surface area (Å²) in [6, 6.07) is 14.0. The van der Waals surface area contributed by atoms with Crippen LogP contribution in [0.4, 0.5) is 4.39 Å². The lowest BCUT2D eigenvalue weighted by molar-refractivity contribution is -0.133. The van der Waals surface area contributed by atoms with Gasteiger partial charge in [-0.15, -0.1) is 0 Å². The number of rotatable bonds is 5. The normalized spacial score (nSPS) is 21.6. The first-order chi connectivity index (χ1) is 16.8. The van der Waals surface area contributed by atoms with Crippen molar-refractivity contribution in [2.24, 2.45) is 17.1 Å². The molecule has 0 spiro atoms. The van der Waals surface area contributed by atoms with E-state index in [1.807, 2.05) is 48.2 Å². The van der Waals surface area contributed by atoms with Gasteiger partial charge in [0.05, 0.1) is 5.41 Å². The van der Waals surface area contributed by atoms with E-state index >= 15 is 0 Å². The van der Waals surface area contributed by atoms with Crippen LogP contribution in [0.25, 0.3) is 0 Å². The maximum absolute atomic E-state index is 13.0. The van der Waals surface area contributed by atoms with Crippen LogP contribution in [-0.4, -0.2) is 29.8 Å². The average molecular weight is 497 g/mol. The summed E-state index contributed by atoms with van der Waals surface area (Å²) in [6.45, 7) is 3.20. The van der Waals surface area contributed by atoms with E-state index in [2.05, 4.69) is 12.2 Å². The molecule has 1 heterocycles. The summed E-state index contributed by atoms with van der Waals surface area (Å²) in [4.78, 5) is 26.9. The van der Waals surface area contributed by atoms with Gasteiger partial charge in [-0.1, -0.05) is 66.2 Å². The van der Waals surface area contributed by atoms with Gasteiger partial charge in [0.25, 0.3) is 0 Å². The van der Waals surface area contributed by atoms with Gasteiger partial charge in [-0.2, -0.15) is 0 Å². The summed E-state index contributed by atoms with van der Waals surface area (Å²) < 4.78 is 13.0. The summed E-state index contributed by atoms with van der Waals surface area (Å²) in [6.07, 6.45) is 12.0. The largest absolute Gasteiger partial charge is 0.369 e. The molecule has 2 unspecified atom stereocenters. The molecule has 6 heteroatoms. The number of nitrogens with two attached hydrogens (primary N) is 1. The predicted octanol–water partition coefficient (Wildman–Crippen LogP) is 6.02. The van der Waals surface area contributed by atoms with Crippen molar-refractivity contribution in [1.82, 2.24) is 4.90 Å². The Morgan fingerprint density at radius 1 is 1.09 bits per heavy atom. The molecule has 1 aliphatic carbocycles. The summed E-state index contributed by atoms with van der Waals surface area (Å²) in [7, 11) is 0. The molecule has 0 bridgehead atoms. The summed E-state index contributed by atoms with van der Waals surface area (Å²) >= 11 is 5.71. The van der Waals surface area contributed by atoms with Gasteiger partial charge in [-0.3, -0.25) is 9.59 Å². The molecule has 1 fully saturated rings. The Kier molecular flexibility index (Phi) is 9.67. The second kappa shape index (κ2) is 12.7. The molecule has 0 radical (unpaired) electrons. The van der Waals surface area contributed by atoms with Crippen LogP contribution in [0.1, 0.15) is 43.2 Å². The van der Waals surface area contributed by atoms with Crippen LogP contribution in [0.5, 0.6) is 0 Å². The minimum Gasteiger partial charge on any atom is -0.369 e. The van der Waals surface area contributed by atoms with Crippen LogP contribution < -0.4 is 5.73 Å². The number of carbonyl (C=O) groups is 2. The molecule has 1 saturated heterocycles. The van der Waals surface area contributed by atoms with Crippen molar-refractivity contribution in [2.45, 2.75) is 45.4 Å². The van der Waals surface area contributed by atoms with Crippen molar-refractivity contribution in [3.05, 3.63) is 94.8 Å². The molecule has 4 nitrogen and oxygen atoms in total. The Morgan fingerprint density at radius 3 is 2.43 bits per heavy atom. The molecule has 2 atom stereocenters. The molecule has 2 aromatic carbocycles. The number of allylic oxidation sites excluding steroid dienone is 4. The highest BCUT2D eigenvalue weighted by Crippen LogP contribution is 2.42. The number of carbonyl (C=O) groups excluding carboxylic acids is 2. The van der Waals surface area contributed by atoms with E-state index in [1.165, 1.54) is 12.1 Å². The van der Waals surface area contributed by atoms with E-state index in [4.69, 9.17) is 17.3 Å². The maximum Gasteiger partial charge on any atom is 0.224 e. The van der Waals surface area contributed by atoms with Gasteiger partial charge in [-0.05, 0) is 74.3 Å². The van der Waals surface area contributed by atoms with Crippen molar-refractivity contribution in [1.29, 1.82) is 0 Å². The van der Waals surface area contributed by atoms with Crippen molar-refractivity contribution in [3.8, 4) is 0 Å². The highest BCUT2D eigenvalue weighted by Gasteiger charge is 2.44. The zero-order valence-corrected chi connectivity index (χ0v) is 21.0. The van der Waals surface area contributed by atoms with Crippen LogP contribution in [0.3, 0.4) is 0 Å². The minimum atomic E-state index is -0.576. The highest BCUT2D eigenvalue weighted by molar-refractivity contribution is 6.31. The third kappa shape index (κ3) is 7.28. The molecule has 2 aliphatic rings. The molecule has 1 aliphatic heterocycles. The summed E-state index contributed by atoms with van der Waals surface area (Å²) in [5.74, 6) is -0.340. The first-order valence-electron chi connectivity index (χ1n) is 12.2. The lowest BCUT2D eigenvalue weighted by atomic mass is 9.67. The van der Waals surface area contributed by atoms with Gasteiger partial charge in [0, 0.05) is 24.5 Å². The number of amides is 2. The van der Waals surface area contributed by atoms with Gasteiger partial charge in [0.1, 0.15) is 5.82 Å². The lowest BCUT2D eigenvalue weighted by Crippen LogP contribution is -2.44. The van der Waals surface area contributed by atoms with Crippen LogP contribution in [-0.2, 0) is 16.0 Å². The molecule has 35 heavy (non-hydrogen) atoms. The maximum atomic E-state index is 13.0. The fourth-order valence-corrected chi connectivity index (χ4v) is 4.94. The topological polar surface area (TPSA) is 63.4 Å². The lowest BCUT2D eigenvalue weighted by Gasteiger charge is -2.36. The van der Waals surface area contributed by atoms with Crippen LogP contribution in [0, 0.1) is 24.1 Å². The Hall–Kier alpha value is -2.92. The predicted molar refractivity (Wildman–Crippen MR) is 139 cm³/mol. The van der Waals surface area contributed by atoms with Gasteiger partial charge in [0.2, 0.25) is 11.8 Å². The van der Waals surface area contributed by atoms with E-state index in [1.54, 1.807) is 12.1 Å². The van der Waals surface area contributed by atoms with Crippen molar-refractivity contribution >= 4 is 23.4 Å². The monoisotopic (exact) mass is 496 g/mol. The van der Waals surface area contributed by atoms with Gasteiger partial charge >= 0.3 is 0 Å². The molecule has 2 aromatic rings. The number of nitrogens with zero attached hydrogens (tertiary/aromatic N) is 1. The van der Waals surface area contributed by atoms with Gasteiger partial charge < -0.3 is 10.6 Å². The van der Waals surface area contributed by atoms with E-state index < -0.39 is 5.41 Å². The standard InChI is InChI=1S/C22H27FN2O2.C7H7Cl/c23-19-10-7-17(8-11-19)9-12-20(26)25-15-4-13-22(14-16-25,21(24)27)18-5-2-1-3-6-18;1-6-4-2-3-5-7(6)8/h1-3,5,7-8,10-11,18H,4,6,9,12-16H2,(H2,24,27);2-5H,1H3. The van der Waals surface area contributed by atoms with E-state index in [0.717, 1.165) is 29.0 Å². The zero-order chi connectivity index (χ0) is 25.3. The third-order valence-corrected chi connectivity index (χ3v) is 7.45. The first kappa shape index (κ1) is 26.7. The Balaban J connectivity index is 0.000000363. The summed E-state index contributed by atoms with van der Waals surface area (Å²) in [5.41, 5.74) is 7.35. The molecule has 0 saturated carbocycles. The molecule has 2 amide bonds. The van der Waals surface area contributed by atoms with Crippen LogP contribution in [0.15, 0.2) is 72.8 Å². The molecule has 186 valence electrons. The van der Waals surface area contributed by atoms with Crippen molar-refractivity contribution < 1.29 is 14.0 Å². The van der Waals surface area contributed by atoms with Gasteiger partial charge in [0.15, 0.2) is 0 Å². The number of likely N-dealkylation sites (tertiary alicyclic amines) is 1. The minimum absolute atomic E-state index is 0.0821. The fraction of sp³-hybridized carbons (Fsp3) is 0.379. The Bertz CT molecular complexity index is 1050. The number of hydrogen-bond donors (Lipinski definition) is 1. The number of hydrogen-bond acceptors (Lipinski definition) is 2. The van der Waals surface area contributed by atoms with Crippen LogP contribution in [0.2, 0.25) is 5.02 Å². The number of benzene rings is 2. The molecular formula is C29H34ClFN2O2. The average Bonchev–Trinajstić information content (AvgIpc) is 3.11. The van der Waals surface area contributed by atoms with E-state index in [9.17, 15) is 14.0 Å². The second-order valence-corrected chi connectivity index (χ2v) is 9.69. The number of halogens is 2. The SMILES string of the molecule is Cc1ccccc1Cl.NC(=O)C1(C2C=CC=CC2)CCCN(C(=O)CCc2ccc(F)cc2)CC1. The van der Waals surface area contributed by atoms with Crippen molar-refractivity contribution in [2.75, 3.05) is 13.1 Å². The fourth-order valence-electron chi connectivity index (χ4n) is 4.81. The molecule has 4 rings (SSSR count). The second-order valence-electron chi connectivity index (χ2n) is 9.29. The van der Waals surface area contributed by atoms with Crippen molar-refractivity contribution in [3.63, 3.8) is 0 Å².